The molecule has 0 saturated heterocycles. The third-order valence-corrected chi connectivity index (χ3v) is 5.72. The van der Waals surface area contributed by atoms with Crippen molar-refractivity contribution >= 4 is 10.0 Å². The lowest BCUT2D eigenvalue weighted by Crippen LogP contribution is -2.30. The second-order valence-corrected chi connectivity index (χ2v) is 7.68. The van der Waals surface area contributed by atoms with Crippen LogP contribution in [-0.2, 0) is 10.0 Å². The van der Waals surface area contributed by atoms with Gasteiger partial charge in [0.25, 0.3) is 0 Å². The molecule has 0 aliphatic rings. The monoisotopic (exact) mass is 356 g/mol. The molecule has 0 bridgehead atoms. The number of nitrogens with one attached hydrogen (secondary N) is 1. The van der Waals surface area contributed by atoms with Gasteiger partial charge in [-0.3, -0.25) is 0 Å². The van der Waals surface area contributed by atoms with Crippen LogP contribution in [0.25, 0.3) is 0 Å². The Morgan fingerprint density at radius 2 is 1.52 bits per heavy atom. The highest BCUT2D eigenvalue weighted by molar-refractivity contribution is 7.89. The van der Waals surface area contributed by atoms with Gasteiger partial charge >= 0.3 is 0 Å². The lowest BCUT2D eigenvalue weighted by molar-refractivity contribution is 0.390. The lowest BCUT2D eigenvalue weighted by atomic mass is 9.99. The maximum absolute atomic E-state index is 12.9. The van der Waals surface area contributed by atoms with Crippen molar-refractivity contribution in [1.29, 1.82) is 0 Å². The zero-order valence-corrected chi connectivity index (χ0v) is 15.2. The summed E-state index contributed by atoms with van der Waals surface area (Å²) in [7, 11) is -3.79. The first-order valence-corrected chi connectivity index (χ1v) is 9.43. The zero-order valence-electron chi connectivity index (χ0n) is 14.4. The van der Waals surface area contributed by atoms with E-state index >= 15 is 0 Å². The maximum Gasteiger partial charge on any atom is 0.246 e. The SMILES string of the molecule is Cc1ccc([C@H](NS(=O)(=O)c2c(C)noc2C)c2ccccc2)cc1. The molecule has 2 aromatic carbocycles. The van der Waals surface area contributed by atoms with Crippen LogP contribution >= 0.6 is 0 Å². The average molecular weight is 356 g/mol. The smallest absolute Gasteiger partial charge is 0.246 e. The van der Waals surface area contributed by atoms with Gasteiger partial charge in [0.05, 0.1) is 6.04 Å². The third kappa shape index (κ3) is 3.65. The van der Waals surface area contributed by atoms with E-state index in [0.717, 1.165) is 16.7 Å². The van der Waals surface area contributed by atoms with Gasteiger partial charge in [0.2, 0.25) is 10.0 Å². The summed E-state index contributed by atoms with van der Waals surface area (Å²) in [6.07, 6.45) is 0. The van der Waals surface area contributed by atoms with Gasteiger partial charge in [-0.2, -0.15) is 4.72 Å². The molecule has 1 atom stereocenters. The molecule has 0 unspecified atom stereocenters. The molecule has 3 aromatic rings. The van der Waals surface area contributed by atoms with E-state index in [1.54, 1.807) is 13.8 Å². The van der Waals surface area contributed by atoms with Crippen LogP contribution < -0.4 is 4.72 Å². The van der Waals surface area contributed by atoms with Gasteiger partial charge in [-0.25, -0.2) is 8.42 Å². The van der Waals surface area contributed by atoms with Gasteiger partial charge in [0.1, 0.15) is 10.6 Å². The van der Waals surface area contributed by atoms with Crippen molar-refractivity contribution in [2.75, 3.05) is 0 Å². The van der Waals surface area contributed by atoms with Gasteiger partial charge in [-0.05, 0) is 31.9 Å². The van der Waals surface area contributed by atoms with E-state index in [9.17, 15) is 8.42 Å². The van der Waals surface area contributed by atoms with E-state index < -0.39 is 16.1 Å². The molecule has 3 rings (SSSR count). The Morgan fingerprint density at radius 1 is 0.920 bits per heavy atom. The summed E-state index contributed by atoms with van der Waals surface area (Å²) in [4.78, 5) is 0.0977. The average Bonchev–Trinajstić information content (AvgIpc) is 2.94. The van der Waals surface area contributed by atoms with Gasteiger partial charge in [0.15, 0.2) is 5.76 Å². The molecule has 0 aliphatic heterocycles. The normalized spacial score (nSPS) is 12.9. The lowest BCUT2D eigenvalue weighted by Gasteiger charge is -2.20. The Labute approximate surface area is 147 Å². The summed E-state index contributed by atoms with van der Waals surface area (Å²) in [6.45, 7) is 5.21. The van der Waals surface area contributed by atoms with Crippen molar-refractivity contribution < 1.29 is 12.9 Å². The van der Waals surface area contributed by atoms with Crippen molar-refractivity contribution in [3.05, 3.63) is 82.7 Å². The first-order valence-electron chi connectivity index (χ1n) is 7.95. The van der Waals surface area contributed by atoms with E-state index in [1.807, 2.05) is 61.5 Å². The molecular weight excluding hydrogens is 336 g/mol. The van der Waals surface area contributed by atoms with Crippen LogP contribution in [0, 0.1) is 20.8 Å². The Balaban J connectivity index is 2.05. The standard InChI is InChI=1S/C19H20N2O3S/c1-13-9-11-17(12-10-13)18(16-7-5-4-6-8-16)21-25(22,23)19-14(2)20-24-15(19)3/h4-12,18,21H,1-3H3/t18-/m1/s1. The van der Waals surface area contributed by atoms with E-state index in [4.69, 9.17) is 4.52 Å². The van der Waals surface area contributed by atoms with Gasteiger partial charge in [-0.15, -0.1) is 0 Å². The molecule has 0 saturated carbocycles. The minimum absolute atomic E-state index is 0.0977. The Bertz CT molecular complexity index is 942. The fourth-order valence-electron chi connectivity index (χ4n) is 2.81. The number of rotatable bonds is 5. The van der Waals surface area contributed by atoms with E-state index in [1.165, 1.54) is 0 Å². The van der Waals surface area contributed by atoms with Crippen molar-refractivity contribution in [2.45, 2.75) is 31.7 Å². The van der Waals surface area contributed by atoms with Crippen LogP contribution in [0.15, 0.2) is 64.0 Å². The van der Waals surface area contributed by atoms with Gasteiger partial charge in [0, 0.05) is 0 Å². The second kappa shape index (κ2) is 6.82. The number of aryl methyl sites for hydroxylation is 3. The molecule has 5 nitrogen and oxygen atoms in total. The molecule has 130 valence electrons. The van der Waals surface area contributed by atoms with Crippen molar-refractivity contribution in [1.82, 2.24) is 9.88 Å². The maximum atomic E-state index is 12.9. The quantitative estimate of drug-likeness (QED) is 0.757. The molecule has 1 heterocycles. The number of nitrogens with zero attached hydrogens (tertiary/aromatic N) is 1. The number of hydrogen-bond acceptors (Lipinski definition) is 4. The fraction of sp³-hybridized carbons (Fsp3) is 0.211. The Hall–Kier alpha value is -2.44. The summed E-state index contributed by atoms with van der Waals surface area (Å²) in [5.74, 6) is 0.278. The minimum atomic E-state index is -3.79. The summed E-state index contributed by atoms with van der Waals surface area (Å²) < 4.78 is 33.7. The highest BCUT2D eigenvalue weighted by Gasteiger charge is 2.28. The Morgan fingerprint density at radius 3 is 2.08 bits per heavy atom. The molecule has 1 N–H and O–H groups in total. The second-order valence-electron chi connectivity index (χ2n) is 6.03. The molecule has 0 radical (unpaired) electrons. The number of benzene rings is 2. The molecular formula is C19H20N2O3S. The number of aromatic nitrogens is 1. The highest BCUT2D eigenvalue weighted by Crippen LogP contribution is 2.27. The summed E-state index contributed by atoms with van der Waals surface area (Å²) in [5.41, 5.74) is 3.19. The van der Waals surface area contributed by atoms with Gasteiger partial charge in [-0.1, -0.05) is 65.3 Å². The highest BCUT2D eigenvalue weighted by atomic mass is 32.2. The zero-order chi connectivity index (χ0) is 18.0. The van der Waals surface area contributed by atoms with Crippen LogP contribution in [0.4, 0.5) is 0 Å². The van der Waals surface area contributed by atoms with Gasteiger partial charge < -0.3 is 4.52 Å². The number of sulfonamides is 1. The molecule has 0 amide bonds. The molecule has 25 heavy (non-hydrogen) atoms. The molecule has 6 heteroatoms. The fourth-order valence-corrected chi connectivity index (χ4v) is 4.35. The van der Waals surface area contributed by atoms with Crippen molar-refractivity contribution in [3.8, 4) is 0 Å². The molecule has 0 spiro atoms. The van der Waals surface area contributed by atoms with Crippen LogP contribution in [0.1, 0.15) is 34.2 Å². The largest absolute Gasteiger partial charge is 0.360 e. The first kappa shape index (κ1) is 17.4. The van der Waals surface area contributed by atoms with Crippen LogP contribution in [0.2, 0.25) is 0 Å². The predicted molar refractivity (Wildman–Crippen MR) is 95.8 cm³/mol. The van der Waals surface area contributed by atoms with Crippen LogP contribution in [-0.4, -0.2) is 13.6 Å². The third-order valence-electron chi connectivity index (χ3n) is 4.05. The summed E-state index contributed by atoms with van der Waals surface area (Å²) >= 11 is 0. The van der Waals surface area contributed by atoms with Crippen LogP contribution in [0.5, 0.6) is 0 Å². The minimum Gasteiger partial charge on any atom is -0.360 e. The number of hydrogen-bond donors (Lipinski definition) is 1. The van der Waals surface area contributed by atoms with Crippen LogP contribution in [0.3, 0.4) is 0 Å². The van der Waals surface area contributed by atoms with Crippen molar-refractivity contribution in [2.24, 2.45) is 0 Å². The van der Waals surface area contributed by atoms with E-state index in [2.05, 4.69) is 9.88 Å². The molecule has 0 aliphatic carbocycles. The summed E-state index contributed by atoms with van der Waals surface area (Å²) in [5, 5.41) is 3.75. The molecule has 0 fully saturated rings. The van der Waals surface area contributed by atoms with Crippen molar-refractivity contribution in [3.63, 3.8) is 0 Å². The first-order chi connectivity index (χ1) is 11.9. The van der Waals surface area contributed by atoms with E-state index in [-0.39, 0.29) is 10.7 Å². The predicted octanol–water partition coefficient (Wildman–Crippen LogP) is 3.67. The topological polar surface area (TPSA) is 72.2 Å². The Kier molecular flexibility index (Phi) is 4.74. The van der Waals surface area contributed by atoms with E-state index in [0.29, 0.717) is 5.69 Å². The molecule has 1 aromatic heterocycles. The summed E-state index contributed by atoms with van der Waals surface area (Å²) in [6, 6.07) is 16.8.